The number of aryl methyl sites for hydroxylation is 2. The average Bonchev–Trinajstić information content (AvgIpc) is 3.10. The van der Waals surface area contributed by atoms with Crippen molar-refractivity contribution >= 4 is 28.6 Å². The molecule has 160 valence electrons. The lowest BCUT2D eigenvalue weighted by molar-refractivity contribution is 0.195. The predicted octanol–water partition coefficient (Wildman–Crippen LogP) is 5.61. The van der Waals surface area contributed by atoms with Crippen molar-refractivity contribution in [3.8, 4) is 11.6 Å². The number of nitrogens with zero attached hydrogens (tertiary/aromatic N) is 3. The number of hydrogen-bond acceptors (Lipinski definition) is 5. The number of fused-ring (bicyclic) bond motifs is 1. The second-order valence-electron chi connectivity index (χ2n) is 7.33. The monoisotopic (exact) mass is 436 g/mol. The van der Waals surface area contributed by atoms with Gasteiger partial charge in [0.05, 0.1) is 16.1 Å². The lowest BCUT2D eigenvalue weighted by atomic mass is 10.1. The van der Waals surface area contributed by atoms with Gasteiger partial charge in [0.1, 0.15) is 5.75 Å². The quantitative estimate of drug-likeness (QED) is 0.346. The molecule has 0 amide bonds. The fraction of sp³-hybridized carbons (Fsp3) is 0.250. The topological polar surface area (TPSA) is 61.2 Å². The summed E-state index contributed by atoms with van der Waals surface area (Å²) >= 11 is 5.85. The highest BCUT2D eigenvalue weighted by molar-refractivity contribution is 6.30. The fourth-order valence-corrected chi connectivity index (χ4v) is 3.48. The Labute approximate surface area is 186 Å². The number of nitrogens with one attached hydrogen (secondary N) is 1. The fourth-order valence-electron chi connectivity index (χ4n) is 3.37. The van der Waals surface area contributed by atoms with Crippen molar-refractivity contribution in [2.45, 2.75) is 19.4 Å². The summed E-state index contributed by atoms with van der Waals surface area (Å²) in [5.41, 5.74) is 4.53. The van der Waals surface area contributed by atoms with Crippen LogP contribution in [0, 0.1) is 0 Å². The average molecular weight is 437 g/mol. The number of ether oxygens (including phenoxy) is 2. The van der Waals surface area contributed by atoms with Gasteiger partial charge in [0.25, 0.3) is 0 Å². The second-order valence-corrected chi connectivity index (χ2v) is 7.76. The zero-order valence-electron chi connectivity index (χ0n) is 17.6. The maximum Gasteiger partial charge on any atom is 0.219 e. The molecule has 0 bridgehead atoms. The summed E-state index contributed by atoms with van der Waals surface area (Å²) in [7, 11) is 3.77. The molecule has 2 heterocycles. The van der Waals surface area contributed by atoms with Crippen LogP contribution in [0.4, 0.5) is 5.95 Å². The van der Waals surface area contributed by atoms with Gasteiger partial charge in [0.2, 0.25) is 11.8 Å². The number of methoxy groups -OCH3 is 1. The Bertz CT molecular complexity index is 1140. The highest BCUT2D eigenvalue weighted by atomic mass is 35.5. The highest BCUT2D eigenvalue weighted by Gasteiger charge is 2.09. The zero-order chi connectivity index (χ0) is 21.6. The standard InChI is InChI=1S/C24H25ClN4O2/c1-29-22-14-17(4-3-13-30-2)7-11-21(22)28-24(29)27-15-18-5-9-20(10-6-18)31-23-12-8-19(25)16-26-23/h5-12,14,16H,3-4,13,15H2,1-2H3,(H,27,28). The number of rotatable bonds is 9. The molecular formula is C24H25ClN4O2. The summed E-state index contributed by atoms with van der Waals surface area (Å²) in [4.78, 5) is 8.87. The van der Waals surface area contributed by atoms with E-state index < -0.39 is 0 Å². The van der Waals surface area contributed by atoms with E-state index in [1.54, 1.807) is 25.4 Å². The number of hydrogen-bond donors (Lipinski definition) is 1. The number of benzene rings is 2. The number of imidazole rings is 1. The van der Waals surface area contributed by atoms with Crippen molar-refractivity contribution in [2.24, 2.45) is 7.05 Å². The van der Waals surface area contributed by atoms with Crippen molar-refractivity contribution in [3.05, 3.63) is 76.9 Å². The van der Waals surface area contributed by atoms with Crippen LogP contribution < -0.4 is 10.1 Å². The van der Waals surface area contributed by atoms with Gasteiger partial charge >= 0.3 is 0 Å². The number of halogens is 1. The van der Waals surface area contributed by atoms with Crippen LogP contribution >= 0.6 is 11.6 Å². The maximum atomic E-state index is 5.85. The van der Waals surface area contributed by atoms with Gasteiger partial charge in [-0.05, 0) is 54.3 Å². The SMILES string of the molecule is COCCCc1ccc2nc(NCc3ccc(Oc4ccc(Cl)cn4)cc3)n(C)c2c1. The summed E-state index contributed by atoms with van der Waals surface area (Å²) in [5.74, 6) is 2.08. The van der Waals surface area contributed by atoms with E-state index in [2.05, 4.69) is 33.1 Å². The lowest BCUT2D eigenvalue weighted by Crippen LogP contribution is -2.05. The Morgan fingerprint density at radius 1 is 1.03 bits per heavy atom. The Balaban J connectivity index is 1.39. The lowest BCUT2D eigenvalue weighted by Gasteiger charge is -2.08. The van der Waals surface area contributed by atoms with Crippen molar-refractivity contribution in [3.63, 3.8) is 0 Å². The van der Waals surface area contributed by atoms with E-state index in [0.29, 0.717) is 17.4 Å². The van der Waals surface area contributed by atoms with Crippen LogP contribution in [0.25, 0.3) is 11.0 Å². The number of aromatic nitrogens is 3. The van der Waals surface area contributed by atoms with Crippen molar-refractivity contribution in [2.75, 3.05) is 19.0 Å². The molecular weight excluding hydrogens is 412 g/mol. The normalized spacial score (nSPS) is 11.1. The van der Waals surface area contributed by atoms with E-state index >= 15 is 0 Å². The summed E-state index contributed by atoms with van der Waals surface area (Å²) in [6, 6.07) is 17.8. The summed E-state index contributed by atoms with van der Waals surface area (Å²) in [6.45, 7) is 1.44. The molecule has 6 nitrogen and oxygen atoms in total. The molecule has 2 aromatic heterocycles. The van der Waals surface area contributed by atoms with Gasteiger partial charge < -0.3 is 19.4 Å². The molecule has 4 aromatic rings. The van der Waals surface area contributed by atoms with Crippen LogP contribution in [0.2, 0.25) is 5.02 Å². The largest absolute Gasteiger partial charge is 0.439 e. The van der Waals surface area contributed by atoms with Gasteiger partial charge in [0, 0.05) is 39.6 Å². The Hall–Kier alpha value is -3.09. The molecule has 1 N–H and O–H groups in total. The Morgan fingerprint density at radius 2 is 1.84 bits per heavy atom. The van der Waals surface area contributed by atoms with Gasteiger partial charge in [-0.25, -0.2) is 9.97 Å². The molecule has 0 aliphatic carbocycles. The first-order valence-corrected chi connectivity index (χ1v) is 10.6. The van der Waals surface area contributed by atoms with E-state index in [1.807, 2.05) is 31.3 Å². The van der Waals surface area contributed by atoms with Crippen LogP contribution in [0.1, 0.15) is 17.5 Å². The molecule has 0 fully saturated rings. The van der Waals surface area contributed by atoms with Crippen molar-refractivity contribution < 1.29 is 9.47 Å². The predicted molar refractivity (Wildman–Crippen MR) is 124 cm³/mol. The number of pyridine rings is 1. The van der Waals surface area contributed by atoms with Crippen LogP contribution in [-0.4, -0.2) is 28.3 Å². The van der Waals surface area contributed by atoms with E-state index in [0.717, 1.165) is 47.7 Å². The third-order valence-electron chi connectivity index (χ3n) is 5.06. The van der Waals surface area contributed by atoms with Crippen LogP contribution in [0.15, 0.2) is 60.8 Å². The maximum absolute atomic E-state index is 5.85. The van der Waals surface area contributed by atoms with Gasteiger partial charge in [-0.15, -0.1) is 0 Å². The van der Waals surface area contributed by atoms with Crippen LogP contribution in [0.5, 0.6) is 11.6 Å². The Morgan fingerprint density at radius 3 is 2.58 bits per heavy atom. The molecule has 0 aliphatic rings. The minimum absolute atomic E-state index is 0.511. The third-order valence-corrected chi connectivity index (χ3v) is 5.28. The van der Waals surface area contributed by atoms with E-state index in [9.17, 15) is 0 Å². The molecule has 2 aromatic carbocycles. The molecule has 4 rings (SSSR count). The first kappa shape index (κ1) is 21.2. The first-order chi connectivity index (χ1) is 15.1. The smallest absolute Gasteiger partial charge is 0.219 e. The van der Waals surface area contributed by atoms with E-state index in [-0.39, 0.29) is 0 Å². The summed E-state index contributed by atoms with van der Waals surface area (Å²) in [6.07, 6.45) is 3.57. The number of anilines is 1. The summed E-state index contributed by atoms with van der Waals surface area (Å²) in [5, 5.41) is 4.01. The second kappa shape index (κ2) is 9.81. The third kappa shape index (κ3) is 5.34. The molecule has 0 aliphatic heterocycles. The first-order valence-electron chi connectivity index (χ1n) is 10.2. The van der Waals surface area contributed by atoms with Gasteiger partial charge in [-0.2, -0.15) is 0 Å². The zero-order valence-corrected chi connectivity index (χ0v) is 18.4. The van der Waals surface area contributed by atoms with Crippen LogP contribution in [0.3, 0.4) is 0 Å². The highest BCUT2D eigenvalue weighted by Crippen LogP contribution is 2.23. The molecule has 0 radical (unpaired) electrons. The van der Waals surface area contributed by atoms with Gasteiger partial charge in [-0.3, -0.25) is 0 Å². The van der Waals surface area contributed by atoms with E-state index in [4.69, 9.17) is 26.1 Å². The van der Waals surface area contributed by atoms with Gasteiger partial charge in [0.15, 0.2) is 0 Å². The van der Waals surface area contributed by atoms with Crippen LogP contribution in [-0.2, 0) is 24.8 Å². The molecule has 0 saturated carbocycles. The summed E-state index contributed by atoms with van der Waals surface area (Å²) < 4.78 is 13.0. The molecule has 7 heteroatoms. The Kier molecular flexibility index (Phi) is 6.70. The molecule has 0 atom stereocenters. The molecule has 0 unspecified atom stereocenters. The van der Waals surface area contributed by atoms with Crippen molar-refractivity contribution in [1.29, 1.82) is 0 Å². The molecule has 0 spiro atoms. The molecule has 0 saturated heterocycles. The minimum atomic E-state index is 0.511. The minimum Gasteiger partial charge on any atom is -0.439 e. The van der Waals surface area contributed by atoms with E-state index in [1.165, 1.54) is 5.56 Å². The molecule has 31 heavy (non-hydrogen) atoms. The van der Waals surface area contributed by atoms with Gasteiger partial charge in [-0.1, -0.05) is 29.8 Å². The van der Waals surface area contributed by atoms with Crippen molar-refractivity contribution in [1.82, 2.24) is 14.5 Å².